The molecule has 6 nitrogen and oxygen atoms in total. The molecule has 0 spiro atoms. The summed E-state index contributed by atoms with van der Waals surface area (Å²) in [5.41, 5.74) is 1.84. The van der Waals surface area contributed by atoms with Gasteiger partial charge in [0.1, 0.15) is 16.3 Å². The van der Waals surface area contributed by atoms with Crippen LogP contribution in [0.4, 0.5) is 5.82 Å². The number of aromatic nitrogens is 3. The van der Waals surface area contributed by atoms with E-state index in [9.17, 15) is 4.79 Å². The van der Waals surface area contributed by atoms with Crippen molar-refractivity contribution < 1.29 is 4.79 Å². The summed E-state index contributed by atoms with van der Waals surface area (Å²) in [6.45, 7) is 2.73. The molecular formula is C22H21N5OS. The molecule has 0 aliphatic carbocycles. The lowest BCUT2D eigenvalue weighted by molar-refractivity contribution is -0.119. The predicted molar refractivity (Wildman–Crippen MR) is 118 cm³/mol. The maximum absolute atomic E-state index is 12.1. The number of amides is 1. The van der Waals surface area contributed by atoms with Crippen molar-refractivity contribution in [3.63, 3.8) is 0 Å². The zero-order chi connectivity index (χ0) is 20.2. The quantitative estimate of drug-likeness (QED) is 0.527. The number of hydrogen-bond donors (Lipinski definition) is 1. The predicted octanol–water partition coefficient (Wildman–Crippen LogP) is 3.99. The number of benzene rings is 1. The number of carbonyl (C=O) groups is 1. The Morgan fingerprint density at radius 1 is 1.10 bits per heavy atom. The molecule has 0 aliphatic rings. The number of anilines is 1. The van der Waals surface area contributed by atoms with Gasteiger partial charge in [0.25, 0.3) is 0 Å². The van der Waals surface area contributed by atoms with Gasteiger partial charge in [-0.2, -0.15) is 0 Å². The number of pyridine rings is 1. The average molecular weight is 404 g/mol. The molecule has 1 amide bonds. The molecule has 29 heavy (non-hydrogen) atoms. The van der Waals surface area contributed by atoms with Crippen LogP contribution in [0, 0.1) is 0 Å². The van der Waals surface area contributed by atoms with Crippen molar-refractivity contribution in [1.82, 2.24) is 20.3 Å². The molecule has 7 heteroatoms. The Morgan fingerprint density at radius 2 is 1.90 bits per heavy atom. The summed E-state index contributed by atoms with van der Waals surface area (Å²) >= 11 is 1.61. The van der Waals surface area contributed by atoms with E-state index in [1.54, 1.807) is 17.5 Å². The molecule has 3 aromatic heterocycles. The van der Waals surface area contributed by atoms with E-state index in [0.29, 0.717) is 18.1 Å². The van der Waals surface area contributed by atoms with Crippen molar-refractivity contribution in [3.05, 3.63) is 60.8 Å². The molecule has 0 bridgehead atoms. The number of carbonyl (C=O) groups excluding carboxylic acids is 1. The lowest BCUT2D eigenvalue weighted by Crippen LogP contribution is -2.35. The number of fused-ring (bicyclic) bond motifs is 1. The second-order valence-corrected chi connectivity index (χ2v) is 7.62. The highest BCUT2D eigenvalue weighted by Crippen LogP contribution is 2.37. The minimum Gasteiger partial charge on any atom is -0.355 e. The smallest absolute Gasteiger partial charge is 0.239 e. The molecule has 0 saturated carbocycles. The average Bonchev–Trinajstić information content (AvgIpc) is 3.18. The van der Waals surface area contributed by atoms with Gasteiger partial charge in [-0.05, 0) is 30.7 Å². The van der Waals surface area contributed by atoms with Gasteiger partial charge in [0.15, 0.2) is 5.82 Å². The Bertz CT molecular complexity index is 1130. The van der Waals surface area contributed by atoms with Crippen LogP contribution >= 0.6 is 11.3 Å². The molecule has 0 atom stereocenters. The van der Waals surface area contributed by atoms with Gasteiger partial charge in [-0.3, -0.25) is 9.78 Å². The lowest BCUT2D eigenvalue weighted by atomic mass is 10.2. The van der Waals surface area contributed by atoms with Crippen molar-refractivity contribution in [1.29, 1.82) is 0 Å². The Labute approximate surface area is 173 Å². The van der Waals surface area contributed by atoms with E-state index in [2.05, 4.69) is 28.5 Å². The summed E-state index contributed by atoms with van der Waals surface area (Å²) in [7, 11) is 1.87. The molecule has 4 rings (SSSR count). The van der Waals surface area contributed by atoms with Crippen LogP contribution < -0.4 is 10.2 Å². The summed E-state index contributed by atoms with van der Waals surface area (Å²) < 4.78 is 0. The number of hydrogen-bond acceptors (Lipinski definition) is 6. The van der Waals surface area contributed by atoms with Crippen LogP contribution in [0.15, 0.2) is 60.8 Å². The minimum atomic E-state index is -0.0420. The first-order valence-electron chi connectivity index (χ1n) is 9.42. The summed E-state index contributed by atoms with van der Waals surface area (Å²) in [5.74, 6) is 1.23. The van der Waals surface area contributed by atoms with Gasteiger partial charge in [0.2, 0.25) is 5.91 Å². The lowest BCUT2D eigenvalue weighted by Gasteiger charge is -2.19. The number of nitrogens with one attached hydrogen (secondary N) is 1. The van der Waals surface area contributed by atoms with Crippen LogP contribution in [-0.4, -0.2) is 41.0 Å². The van der Waals surface area contributed by atoms with Gasteiger partial charge in [-0.15, -0.1) is 11.3 Å². The zero-order valence-electron chi connectivity index (χ0n) is 16.3. The molecular weight excluding hydrogens is 382 g/mol. The molecule has 1 aromatic carbocycles. The van der Waals surface area contributed by atoms with Crippen LogP contribution in [0.5, 0.6) is 0 Å². The second kappa shape index (κ2) is 8.36. The topological polar surface area (TPSA) is 71.0 Å². The molecule has 0 fully saturated rings. The number of likely N-dealkylation sites (N-methyl/N-ethyl adjacent to an activating group) is 2. The molecule has 0 saturated heterocycles. The number of rotatable bonds is 6. The summed E-state index contributed by atoms with van der Waals surface area (Å²) in [6.07, 6.45) is 1.73. The van der Waals surface area contributed by atoms with E-state index in [1.165, 1.54) is 0 Å². The van der Waals surface area contributed by atoms with Crippen molar-refractivity contribution in [2.24, 2.45) is 0 Å². The first-order valence-corrected chi connectivity index (χ1v) is 10.2. The van der Waals surface area contributed by atoms with E-state index in [4.69, 9.17) is 9.97 Å². The maximum Gasteiger partial charge on any atom is 0.239 e. The van der Waals surface area contributed by atoms with Gasteiger partial charge < -0.3 is 10.2 Å². The van der Waals surface area contributed by atoms with Crippen LogP contribution in [0.1, 0.15) is 6.92 Å². The van der Waals surface area contributed by atoms with E-state index in [1.807, 2.05) is 55.3 Å². The van der Waals surface area contributed by atoms with Crippen LogP contribution in [0.3, 0.4) is 0 Å². The second-order valence-electron chi connectivity index (χ2n) is 6.59. The third-order valence-corrected chi connectivity index (χ3v) is 5.52. The van der Waals surface area contributed by atoms with Crippen molar-refractivity contribution in [2.45, 2.75) is 6.92 Å². The van der Waals surface area contributed by atoms with E-state index < -0.39 is 0 Å². The molecule has 0 unspecified atom stereocenters. The van der Waals surface area contributed by atoms with Gasteiger partial charge in [0.05, 0.1) is 11.9 Å². The van der Waals surface area contributed by atoms with Crippen molar-refractivity contribution >= 4 is 33.3 Å². The summed E-state index contributed by atoms with van der Waals surface area (Å²) in [4.78, 5) is 29.9. The number of thiophene rings is 1. The first kappa shape index (κ1) is 19.0. The van der Waals surface area contributed by atoms with Gasteiger partial charge in [-0.25, -0.2) is 9.97 Å². The van der Waals surface area contributed by atoms with Crippen LogP contribution in [0.2, 0.25) is 0 Å². The van der Waals surface area contributed by atoms with Crippen molar-refractivity contribution in [3.8, 4) is 22.0 Å². The van der Waals surface area contributed by atoms with Crippen LogP contribution in [0.25, 0.3) is 32.2 Å². The van der Waals surface area contributed by atoms with E-state index in [-0.39, 0.29) is 12.5 Å². The highest BCUT2D eigenvalue weighted by molar-refractivity contribution is 7.22. The van der Waals surface area contributed by atoms with Gasteiger partial charge in [0, 0.05) is 24.7 Å². The third kappa shape index (κ3) is 4.09. The normalized spacial score (nSPS) is 10.8. The zero-order valence-corrected chi connectivity index (χ0v) is 17.1. The Balaban J connectivity index is 1.84. The molecule has 146 valence electrons. The summed E-state index contributed by atoms with van der Waals surface area (Å²) in [6, 6.07) is 18.0. The SMILES string of the molecule is CCNC(=O)CN(C)c1nc(-c2ccccn2)nc2sc(-c3ccccc3)cc12. The highest BCUT2D eigenvalue weighted by atomic mass is 32.1. The third-order valence-electron chi connectivity index (χ3n) is 4.44. The minimum absolute atomic E-state index is 0.0420. The fourth-order valence-corrected chi connectivity index (χ4v) is 4.13. The molecule has 4 aromatic rings. The van der Waals surface area contributed by atoms with Crippen LogP contribution in [-0.2, 0) is 4.79 Å². The van der Waals surface area contributed by atoms with Gasteiger partial charge in [-0.1, -0.05) is 36.4 Å². The monoisotopic (exact) mass is 403 g/mol. The van der Waals surface area contributed by atoms with E-state index in [0.717, 1.165) is 26.5 Å². The van der Waals surface area contributed by atoms with Crippen molar-refractivity contribution in [2.75, 3.05) is 25.0 Å². The molecule has 0 aliphatic heterocycles. The number of nitrogens with zero attached hydrogens (tertiary/aromatic N) is 4. The fourth-order valence-electron chi connectivity index (χ4n) is 3.09. The summed E-state index contributed by atoms with van der Waals surface area (Å²) in [5, 5.41) is 3.77. The first-order chi connectivity index (χ1) is 14.2. The Hall–Kier alpha value is -3.32. The fraction of sp³-hybridized carbons (Fsp3) is 0.182. The Kier molecular flexibility index (Phi) is 5.48. The molecule has 0 radical (unpaired) electrons. The Morgan fingerprint density at radius 3 is 2.62 bits per heavy atom. The maximum atomic E-state index is 12.1. The van der Waals surface area contributed by atoms with E-state index >= 15 is 0 Å². The molecule has 1 N–H and O–H groups in total. The van der Waals surface area contributed by atoms with Gasteiger partial charge >= 0.3 is 0 Å². The highest BCUT2D eigenvalue weighted by Gasteiger charge is 2.18. The molecule has 3 heterocycles. The standard InChI is InChI=1S/C22H21N5OS/c1-3-23-19(28)14-27(2)21-16-13-18(15-9-5-4-6-10-15)29-22(16)26-20(25-21)17-11-7-8-12-24-17/h4-13H,3,14H2,1-2H3,(H,23,28). The largest absolute Gasteiger partial charge is 0.355 e.